The van der Waals surface area contributed by atoms with Crippen molar-refractivity contribution in [1.82, 2.24) is 10.6 Å². The molecule has 0 radical (unpaired) electrons. The largest absolute Gasteiger partial charge is 0.350 e. The molecule has 0 bridgehead atoms. The summed E-state index contributed by atoms with van der Waals surface area (Å²) in [5.41, 5.74) is 1.38. The van der Waals surface area contributed by atoms with Crippen LogP contribution in [0.4, 0.5) is 0 Å². The summed E-state index contributed by atoms with van der Waals surface area (Å²) in [6, 6.07) is 15.7. The number of carbonyl (C=O) groups excluding carboxylic acids is 2. The highest BCUT2D eigenvalue weighted by molar-refractivity contribution is 7.98. The van der Waals surface area contributed by atoms with E-state index in [0.29, 0.717) is 23.6 Å². The van der Waals surface area contributed by atoms with E-state index in [-0.39, 0.29) is 11.8 Å². The Hall–Kier alpha value is -1.98. The minimum absolute atomic E-state index is 0.210. The lowest BCUT2D eigenvalue weighted by molar-refractivity contribution is -0.123. The first-order valence-electron chi connectivity index (χ1n) is 7.97. The summed E-state index contributed by atoms with van der Waals surface area (Å²) in [6.07, 6.45) is 2.53. The second-order valence-electron chi connectivity index (χ2n) is 5.48. The predicted octanol–water partition coefficient (Wildman–Crippen LogP) is 3.51. The van der Waals surface area contributed by atoms with E-state index in [4.69, 9.17) is 11.6 Å². The fourth-order valence-electron chi connectivity index (χ4n) is 2.28. The quantitative estimate of drug-likeness (QED) is 0.741. The number of benzene rings is 2. The Labute approximate surface area is 157 Å². The van der Waals surface area contributed by atoms with Gasteiger partial charge in [-0.05, 0) is 42.2 Å². The van der Waals surface area contributed by atoms with Gasteiger partial charge in [-0.2, -0.15) is 11.8 Å². The van der Waals surface area contributed by atoms with Gasteiger partial charge in [-0.25, -0.2) is 0 Å². The zero-order valence-corrected chi connectivity index (χ0v) is 15.6. The molecule has 4 nitrogen and oxygen atoms in total. The van der Waals surface area contributed by atoms with Crippen LogP contribution in [0.15, 0.2) is 54.6 Å². The summed E-state index contributed by atoms with van der Waals surface area (Å²) in [5.74, 6) is 0.317. The van der Waals surface area contributed by atoms with Gasteiger partial charge in [0.05, 0.1) is 0 Å². The third-order valence-electron chi connectivity index (χ3n) is 3.68. The van der Waals surface area contributed by atoms with Gasteiger partial charge in [0.1, 0.15) is 6.04 Å². The zero-order chi connectivity index (χ0) is 18.1. The summed E-state index contributed by atoms with van der Waals surface area (Å²) in [5, 5.41) is 6.29. The second kappa shape index (κ2) is 10.1. The van der Waals surface area contributed by atoms with Crippen molar-refractivity contribution in [1.29, 1.82) is 0 Å². The minimum atomic E-state index is -0.581. The molecule has 0 saturated heterocycles. The van der Waals surface area contributed by atoms with E-state index in [9.17, 15) is 9.59 Å². The van der Waals surface area contributed by atoms with E-state index in [2.05, 4.69) is 10.6 Å². The first-order chi connectivity index (χ1) is 12.1. The molecule has 0 saturated carbocycles. The molecule has 2 aromatic carbocycles. The van der Waals surface area contributed by atoms with Crippen molar-refractivity contribution in [3.8, 4) is 0 Å². The van der Waals surface area contributed by atoms with Gasteiger partial charge in [-0.3, -0.25) is 9.59 Å². The van der Waals surface area contributed by atoms with E-state index in [0.717, 1.165) is 11.3 Å². The summed E-state index contributed by atoms with van der Waals surface area (Å²) in [7, 11) is 0. The maximum Gasteiger partial charge on any atom is 0.251 e. The van der Waals surface area contributed by atoms with E-state index >= 15 is 0 Å². The van der Waals surface area contributed by atoms with Crippen molar-refractivity contribution in [3.63, 3.8) is 0 Å². The molecule has 0 aromatic heterocycles. The number of nitrogens with one attached hydrogen (secondary N) is 2. The third kappa shape index (κ3) is 6.11. The number of carbonyl (C=O) groups is 2. The number of rotatable bonds is 8. The Morgan fingerprint density at radius 2 is 1.76 bits per heavy atom. The van der Waals surface area contributed by atoms with Crippen molar-refractivity contribution in [2.45, 2.75) is 19.0 Å². The Kier molecular flexibility index (Phi) is 7.82. The summed E-state index contributed by atoms with van der Waals surface area (Å²) in [4.78, 5) is 24.9. The average Bonchev–Trinajstić information content (AvgIpc) is 2.64. The molecule has 1 atom stereocenters. The Balaban J connectivity index is 1.99. The van der Waals surface area contributed by atoms with Crippen LogP contribution in [0.5, 0.6) is 0 Å². The molecule has 2 rings (SSSR count). The van der Waals surface area contributed by atoms with E-state index in [1.54, 1.807) is 42.1 Å². The normalized spacial score (nSPS) is 11.6. The fourth-order valence-corrected chi connectivity index (χ4v) is 2.96. The van der Waals surface area contributed by atoms with Crippen LogP contribution < -0.4 is 10.6 Å². The molecule has 2 amide bonds. The molecule has 0 heterocycles. The maximum absolute atomic E-state index is 12.5. The van der Waals surface area contributed by atoms with Gasteiger partial charge in [-0.1, -0.05) is 48.0 Å². The van der Waals surface area contributed by atoms with Crippen LogP contribution in [-0.4, -0.2) is 29.9 Å². The first kappa shape index (κ1) is 19.3. The molecule has 1 unspecified atom stereocenters. The highest BCUT2D eigenvalue weighted by Gasteiger charge is 2.21. The van der Waals surface area contributed by atoms with E-state index < -0.39 is 6.04 Å². The van der Waals surface area contributed by atoms with E-state index in [1.165, 1.54) is 0 Å². The van der Waals surface area contributed by atoms with Gasteiger partial charge in [0.15, 0.2) is 0 Å². The van der Waals surface area contributed by atoms with Crippen molar-refractivity contribution in [2.24, 2.45) is 0 Å². The van der Waals surface area contributed by atoms with Gasteiger partial charge in [-0.15, -0.1) is 0 Å². The second-order valence-corrected chi connectivity index (χ2v) is 6.88. The van der Waals surface area contributed by atoms with Crippen molar-refractivity contribution < 1.29 is 9.59 Å². The standard InChI is InChI=1S/C19H21ClN2O2S/c1-25-12-11-17(22-18(23)14-7-3-2-4-8-14)19(24)21-13-15-9-5-6-10-16(15)20/h2-10,17H,11-13H2,1H3,(H,21,24)(H,22,23). The maximum atomic E-state index is 12.5. The average molecular weight is 377 g/mol. The van der Waals surface area contributed by atoms with E-state index in [1.807, 2.05) is 30.5 Å². The summed E-state index contributed by atoms with van der Waals surface area (Å²) >= 11 is 7.75. The molecular formula is C19H21ClN2O2S. The molecule has 132 valence electrons. The molecule has 0 spiro atoms. The first-order valence-corrected chi connectivity index (χ1v) is 9.75. The lowest BCUT2D eigenvalue weighted by Gasteiger charge is -2.18. The smallest absolute Gasteiger partial charge is 0.251 e. The van der Waals surface area contributed by atoms with Gasteiger partial charge >= 0.3 is 0 Å². The van der Waals surface area contributed by atoms with Crippen LogP contribution in [0, 0.1) is 0 Å². The monoisotopic (exact) mass is 376 g/mol. The highest BCUT2D eigenvalue weighted by atomic mass is 35.5. The molecule has 2 N–H and O–H groups in total. The van der Waals surface area contributed by atoms with Crippen LogP contribution >= 0.6 is 23.4 Å². The molecule has 2 aromatic rings. The molecular weight excluding hydrogens is 356 g/mol. The summed E-state index contributed by atoms with van der Waals surface area (Å²) in [6.45, 7) is 0.329. The molecule has 6 heteroatoms. The topological polar surface area (TPSA) is 58.2 Å². The van der Waals surface area contributed by atoms with Crippen molar-refractivity contribution in [2.75, 3.05) is 12.0 Å². The molecule has 0 aliphatic heterocycles. The predicted molar refractivity (Wildman–Crippen MR) is 104 cm³/mol. The molecule has 0 aliphatic carbocycles. The fraction of sp³-hybridized carbons (Fsp3) is 0.263. The number of thioether (sulfide) groups is 1. The molecule has 0 fully saturated rings. The molecule has 25 heavy (non-hydrogen) atoms. The Morgan fingerprint density at radius 3 is 2.44 bits per heavy atom. The van der Waals surface area contributed by atoms with Crippen LogP contribution in [-0.2, 0) is 11.3 Å². The minimum Gasteiger partial charge on any atom is -0.350 e. The Morgan fingerprint density at radius 1 is 1.08 bits per heavy atom. The number of halogens is 1. The van der Waals surface area contributed by atoms with Crippen LogP contribution in [0.3, 0.4) is 0 Å². The van der Waals surface area contributed by atoms with Crippen LogP contribution in [0.2, 0.25) is 5.02 Å². The number of amides is 2. The SMILES string of the molecule is CSCCC(NC(=O)c1ccccc1)C(=O)NCc1ccccc1Cl. The van der Waals surface area contributed by atoms with Crippen LogP contribution in [0.25, 0.3) is 0 Å². The van der Waals surface area contributed by atoms with Crippen LogP contribution in [0.1, 0.15) is 22.3 Å². The lowest BCUT2D eigenvalue weighted by atomic mass is 10.1. The Bertz CT molecular complexity index is 710. The molecule has 0 aliphatic rings. The number of hydrogen-bond donors (Lipinski definition) is 2. The van der Waals surface area contributed by atoms with Gasteiger partial charge < -0.3 is 10.6 Å². The van der Waals surface area contributed by atoms with Gasteiger partial charge in [0, 0.05) is 17.1 Å². The highest BCUT2D eigenvalue weighted by Crippen LogP contribution is 2.14. The third-order valence-corrected chi connectivity index (χ3v) is 4.69. The van der Waals surface area contributed by atoms with Gasteiger partial charge in [0.2, 0.25) is 5.91 Å². The van der Waals surface area contributed by atoms with Crippen molar-refractivity contribution >= 4 is 35.2 Å². The number of hydrogen-bond acceptors (Lipinski definition) is 3. The van der Waals surface area contributed by atoms with Crippen molar-refractivity contribution in [3.05, 3.63) is 70.7 Å². The van der Waals surface area contributed by atoms with Gasteiger partial charge in [0.25, 0.3) is 5.91 Å². The zero-order valence-electron chi connectivity index (χ0n) is 14.0. The summed E-state index contributed by atoms with van der Waals surface area (Å²) < 4.78 is 0. The lowest BCUT2D eigenvalue weighted by Crippen LogP contribution is -2.46.